The van der Waals surface area contributed by atoms with Crippen molar-refractivity contribution in [1.82, 2.24) is 0 Å². The third-order valence-corrected chi connectivity index (χ3v) is 5.82. The highest BCUT2D eigenvalue weighted by Crippen LogP contribution is 2.38. The lowest BCUT2D eigenvalue weighted by molar-refractivity contribution is 0.283. The van der Waals surface area contributed by atoms with Crippen LogP contribution in [0.2, 0.25) is 5.02 Å². The number of hydrogen-bond acceptors (Lipinski definition) is 3. The number of rotatable bonds is 7. The summed E-state index contributed by atoms with van der Waals surface area (Å²) in [5, 5.41) is 6.44. The zero-order chi connectivity index (χ0) is 20.9. The third-order valence-electron chi connectivity index (χ3n) is 4.90. The van der Waals surface area contributed by atoms with Crippen molar-refractivity contribution in [3.63, 3.8) is 0 Å². The van der Waals surface area contributed by atoms with Gasteiger partial charge in [-0.15, -0.1) is 0 Å². The highest BCUT2D eigenvalue weighted by molar-refractivity contribution is 9.10. The summed E-state index contributed by atoms with van der Waals surface area (Å²) < 4.78 is 12.6. The molecule has 4 aromatic rings. The molecule has 0 atom stereocenters. The number of methoxy groups -OCH3 is 1. The van der Waals surface area contributed by atoms with Gasteiger partial charge in [0, 0.05) is 6.54 Å². The standard InChI is InChI=1S/C25H21BrClNO2/c1-29-24-14-17(15-28-23-12-5-4-11-22(23)27)13-21(26)25(24)30-16-19-9-6-8-18-7-2-3-10-20(18)19/h2-14,28H,15-16H2,1H3. The van der Waals surface area contributed by atoms with Gasteiger partial charge in [-0.3, -0.25) is 0 Å². The second-order valence-corrected chi connectivity index (χ2v) is 8.13. The Balaban J connectivity index is 1.53. The van der Waals surface area contributed by atoms with E-state index >= 15 is 0 Å². The third kappa shape index (κ3) is 4.55. The number of nitrogens with one attached hydrogen (secondary N) is 1. The van der Waals surface area contributed by atoms with E-state index in [9.17, 15) is 0 Å². The first-order valence-corrected chi connectivity index (χ1v) is 10.8. The molecule has 4 aromatic carbocycles. The predicted octanol–water partition coefficient (Wildman–Crippen LogP) is 7.46. The molecule has 0 fully saturated rings. The summed E-state index contributed by atoms with van der Waals surface area (Å²) in [6.45, 7) is 1.07. The highest BCUT2D eigenvalue weighted by atomic mass is 79.9. The second kappa shape index (κ2) is 9.41. The summed E-state index contributed by atoms with van der Waals surface area (Å²) in [5.74, 6) is 1.37. The molecule has 0 saturated heterocycles. The van der Waals surface area contributed by atoms with E-state index in [2.05, 4.69) is 51.6 Å². The Morgan fingerprint density at radius 3 is 2.53 bits per heavy atom. The fourth-order valence-corrected chi connectivity index (χ4v) is 4.19. The molecular weight excluding hydrogens is 462 g/mol. The maximum atomic E-state index is 6.23. The fourth-order valence-electron chi connectivity index (χ4n) is 3.39. The highest BCUT2D eigenvalue weighted by Gasteiger charge is 2.13. The molecule has 0 aliphatic heterocycles. The fraction of sp³-hybridized carbons (Fsp3) is 0.120. The summed E-state index contributed by atoms with van der Waals surface area (Å²) in [6, 6.07) is 26.3. The van der Waals surface area contributed by atoms with Crippen LogP contribution in [0, 0.1) is 0 Å². The van der Waals surface area contributed by atoms with E-state index < -0.39 is 0 Å². The molecule has 0 saturated carbocycles. The maximum Gasteiger partial charge on any atom is 0.175 e. The van der Waals surface area contributed by atoms with Crippen molar-refractivity contribution in [2.75, 3.05) is 12.4 Å². The molecule has 5 heteroatoms. The van der Waals surface area contributed by atoms with E-state index in [1.165, 1.54) is 10.8 Å². The zero-order valence-corrected chi connectivity index (χ0v) is 18.8. The molecule has 152 valence electrons. The summed E-state index contributed by atoms with van der Waals surface area (Å²) >= 11 is 9.87. The van der Waals surface area contributed by atoms with Crippen LogP contribution in [0.5, 0.6) is 11.5 Å². The maximum absolute atomic E-state index is 6.23. The minimum atomic E-state index is 0.452. The molecule has 1 N–H and O–H groups in total. The Hall–Kier alpha value is -2.69. The van der Waals surface area contributed by atoms with Crippen LogP contribution in [-0.2, 0) is 13.2 Å². The Bertz CT molecular complexity index is 1170. The topological polar surface area (TPSA) is 30.5 Å². The Labute approximate surface area is 189 Å². The molecule has 0 aromatic heterocycles. The lowest BCUT2D eigenvalue weighted by Crippen LogP contribution is -2.03. The number of halogens is 2. The Kier molecular flexibility index (Phi) is 6.46. The van der Waals surface area contributed by atoms with Crippen molar-refractivity contribution in [2.45, 2.75) is 13.2 Å². The first-order chi connectivity index (χ1) is 14.7. The van der Waals surface area contributed by atoms with Gasteiger partial charge in [0.1, 0.15) is 6.61 Å². The van der Waals surface area contributed by atoms with Crippen LogP contribution in [-0.4, -0.2) is 7.11 Å². The van der Waals surface area contributed by atoms with Crippen molar-refractivity contribution in [2.24, 2.45) is 0 Å². The molecule has 3 nitrogen and oxygen atoms in total. The normalized spacial score (nSPS) is 10.8. The average molecular weight is 483 g/mol. The van der Waals surface area contributed by atoms with E-state index in [-0.39, 0.29) is 0 Å². The molecule has 0 amide bonds. The number of hydrogen-bond donors (Lipinski definition) is 1. The van der Waals surface area contributed by atoms with E-state index in [0.717, 1.165) is 21.3 Å². The largest absolute Gasteiger partial charge is 0.493 e. The van der Waals surface area contributed by atoms with Crippen LogP contribution in [0.1, 0.15) is 11.1 Å². The number of ether oxygens (including phenoxy) is 2. The van der Waals surface area contributed by atoms with Crippen LogP contribution in [0.25, 0.3) is 10.8 Å². The van der Waals surface area contributed by atoms with E-state index in [1.54, 1.807) is 7.11 Å². The SMILES string of the molecule is COc1cc(CNc2ccccc2Cl)cc(Br)c1OCc1cccc2ccccc12. The smallest absolute Gasteiger partial charge is 0.175 e. The van der Waals surface area contributed by atoms with Crippen LogP contribution in [0.3, 0.4) is 0 Å². The van der Waals surface area contributed by atoms with Gasteiger partial charge < -0.3 is 14.8 Å². The van der Waals surface area contributed by atoms with Crippen LogP contribution in [0.4, 0.5) is 5.69 Å². The van der Waals surface area contributed by atoms with Crippen molar-refractivity contribution in [3.8, 4) is 11.5 Å². The summed E-state index contributed by atoms with van der Waals surface area (Å²) in [7, 11) is 1.65. The van der Waals surface area contributed by atoms with Crippen molar-refractivity contribution in [3.05, 3.63) is 99.5 Å². The number of fused-ring (bicyclic) bond motifs is 1. The summed E-state index contributed by atoms with van der Waals surface area (Å²) in [6.07, 6.45) is 0. The van der Waals surface area contributed by atoms with Crippen molar-refractivity contribution >= 4 is 44.0 Å². The number of para-hydroxylation sites is 1. The lowest BCUT2D eigenvalue weighted by Gasteiger charge is -2.16. The van der Waals surface area contributed by atoms with Gasteiger partial charge in [-0.2, -0.15) is 0 Å². The van der Waals surface area contributed by atoms with Gasteiger partial charge >= 0.3 is 0 Å². The van der Waals surface area contributed by atoms with Gasteiger partial charge in [0.05, 0.1) is 22.3 Å². The van der Waals surface area contributed by atoms with Gasteiger partial charge in [-0.1, -0.05) is 66.2 Å². The summed E-state index contributed by atoms with van der Waals surface area (Å²) in [4.78, 5) is 0. The first-order valence-electron chi connectivity index (χ1n) is 9.60. The van der Waals surface area contributed by atoms with Crippen LogP contribution in [0.15, 0.2) is 83.3 Å². The first kappa shape index (κ1) is 20.6. The molecule has 0 aliphatic carbocycles. The molecular formula is C25H21BrClNO2. The van der Waals surface area contributed by atoms with Crippen molar-refractivity contribution < 1.29 is 9.47 Å². The van der Waals surface area contributed by atoms with E-state index in [1.807, 2.05) is 48.5 Å². The zero-order valence-electron chi connectivity index (χ0n) is 16.5. The van der Waals surface area contributed by atoms with Gasteiger partial charge in [0.25, 0.3) is 0 Å². The Morgan fingerprint density at radius 1 is 0.933 bits per heavy atom. The molecule has 0 spiro atoms. The second-order valence-electron chi connectivity index (χ2n) is 6.87. The molecule has 4 rings (SSSR count). The minimum absolute atomic E-state index is 0.452. The molecule has 0 aliphatic rings. The van der Waals surface area contributed by atoms with Crippen LogP contribution >= 0.6 is 27.5 Å². The van der Waals surface area contributed by atoms with Gasteiger partial charge in [-0.25, -0.2) is 0 Å². The van der Waals surface area contributed by atoms with Gasteiger partial charge in [0.15, 0.2) is 11.5 Å². The molecule has 30 heavy (non-hydrogen) atoms. The van der Waals surface area contributed by atoms with E-state index in [0.29, 0.717) is 29.7 Å². The summed E-state index contributed by atoms with van der Waals surface area (Å²) in [5.41, 5.74) is 3.08. The number of benzene rings is 4. The molecule has 0 radical (unpaired) electrons. The van der Waals surface area contributed by atoms with E-state index in [4.69, 9.17) is 21.1 Å². The van der Waals surface area contributed by atoms with Crippen LogP contribution < -0.4 is 14.8 Å². The quantitative estimate of drug-likeness (QED) is 0.296. The predicted molar refractivity (Wildman–Crippen MR) is 128 cm³/mol. The van der Waals surface area contributed by atoms with Crippen molar-refractivity contribution in [1.29, 1.82) is 0 Å². The van der Waals surface area contributed by atoms with Gasteiger partial charge in [0.2, 0.25) is 0 Å². The molecule has 0 bridgehead atoms. The molecule has 0 unspecified atom stereocenters. The number of anilines is 1. The Morgan fingerprint density at radius 2 is 1.70 bits per heavy atom. The molecule has 0 heterocycles. The monoisotopic (exact) mass is 481 g/mol. The average Bonchev–Trinajstić information content (AvgIpc) is 2.77. The lowest BCUT2D eigenvalue weighted by atomic mass is 10.1. The van der Waals surface area contributed by atoms with Gasteiger partial charge in [-0.05, 0) is 62.1 Å². The minimum Gasteiger partial charge on any atom is -0.493 e.